The van der Waals surface area contributed by atoms with E-state index in [-0.39, 0.29) is 5.97 Å². The van der Waals surface area contributed by atoms with Crippen LogP contribution in [-0.4, -0.2) is 18.2 Å². The van der Waals surface area contributed by atoms with Crippen LogP contribution in [-0.2, 0) is 4.74 Å². The summed E-state index contributed by atoms with van der Waals surface area (Å²) in [5.41, 5.74) is 5.59. The standard InChI is InChI=1S/C18H20N2O2S/c1-11-6-8-15(9-13(11)3)19-18(23)20-16-10-14(17(21)22-4)7-5-12(16)2/h5-10H,1-4H3,(H2,19,20,23). The Labute approximate surface area is 141 Å². The van der Waals surface area contributed by atoms with Crippen molar-refractivity contribution >= 4 is 34.7 Å². The number of hydrogen-bond donors (Lipinski definition) is 2. The van der Waals surface area contributed by atoms with E-state index in [0.29, 0.717) is 10.7 Å². The van der Waals surface area contributed by atoms with Gasteiger partial charge in [-0.1, -0.05) is 12.1 Å². The molecule has 0 fully saturated rings. The number of carbonyl (C=O) groups is 1. The third kappa shape index (κ3) is 4.29. The molecule has 0 spiro atoms. The lowest BCUT2D eigenvalue weighted by Crippen LogP contribution is -2.20. The van der Waals surface area contributed by atoms with Crippen molar-refractivity contribution in [1.82, 2.24) is 0 Å². The van der Waals surface area contributed by atoms with Gasteiger partial charge in [-0.3, -0.25) is 0 Å². The molecule has 23 heavy (non-hydrogen) atoms. The van der Waals surface area contributed by atoms with Crippen molar-refractivity contribution in [1.29, 1.82) is 0 Å². The summed E-state index contributed by atoms with van der Waals surface area (Å²) in [5.74, 6) is -0.374. The Hall–Kier alpha value is -2.40. The van der Waals surface area contributed by atoms with Crippen molar-refractivity contribution < 1.29 is 9.53 Å². The molecule has 0 saturated carbocycles. The molecule has 2 aromatic carbocycles. The molecule has 0 aliphatic carbocycles. The molecule has 0 amide bonds. The van der Waals surface area contributed by atoms with Gasteiger partial charge in [-0.2, -0.15) is 0 Å². The van der Waals surface area contributed by atoms with Gasteiger partial charge in [0.2, 0.25) is 0 Å². The van der Waals surface area contributed by atoms with E-state index in [4.69, 9.17) is 17.0 Å². The molecule has 2 rings (SSSR count). The molecule has 0 bridgehead atoms. The summed E-state index contributed by atoms with van der Waals surface area (Å²) in [4.78, 5) is 11.6. The van der Waals surface area contributed by atoms with E-state index in [1.165, 1.54) is 18.2 Å². The normalized spacial score (nSPS) is 10.1. The quantitative estimate of drug-likeness (QED) is 0.653. The number of methoxy groups -OCH3 is 1. The average Bonchev–Trinajstić information content (AvgIpc) is 2.52. The van der Waals surface area contributed by atoms with Gasteiger partial charge >= 0.3 is 5.97 Å². The van der Waals surface area contributed by atoms with E-state index in [1.54, 1.807) is 12.1 Å². The monoisotopic (exact) mass is 328 g/mol. The zero-order valence-electron chi connectivity index (χ0n) is 13.7. The van der Waals surface area contributed by atoms with Gasteiger partial charge in [0.15, 0.2) is 5.11 Å². The summed E-state index contributed by atoms with van der Waals surface area (Å²) in [5, 5.41) is 6.75. The molecule has 0 radical (unpaired) electrons. The second-order valence-corrected chi connectivity index (χ2v) is 5.81. The van der Waals surface area contributed by atoms with Crippen LogP contribution >= 0.6 is 12.2 Å². The van der Waals surface area contributed by atoms with Gasteiger partial charge in [-0.15, -0.1) is 0 Å². The third-order valence-corrected chi connectivity index (χ3v) is 3.88. The predicted octanol–water partition coefficient (Wildman–Crippen LogP) is 4.21. The molecule has 0 saturated heterocycles. The molecule has 0 aliphatic rings. The molecule has 0 aliphatic heterocycles. The Morgan fingerprint density at radius 2 is 1.65 bits per heavy atom. The summed E-state index contributed by atoms with van der Waals surface area (Å²) in [6, 6.07) is 11.4. The summed E-state index contributed by atoms with van der Waals surface area (Å²) < 4.78 is 4.74. The predicted molar refractivity (Wildman–Crippen MR) is 98.3 cm³/mol. The van der Waals surface area contributed by atoms with Crippen LogP contribution in [0.25, 0.3) is 0 Å². The summed E-state index contributed by atoms with van der Waals surface area (Å²) in [6.45, 7) is 6.07. The highest BCUT2D eigenvalue weighted by atomic mass is 32.1. The van der Waals surface area contributed by atoms with Crippen LogP contribution in [0.4, 0.5) is 11.4 Å². The number of carbonyl (C=O) groups excluding carboxylic acids is 1. The van der Waals surface area contributed by atoms with Crippen molar-refractivity contribution in [3.05, 3.63) is 58.7 Å². The zero-order chi connectivity index (χ0) is 17.0. The minimum atomic E-state index is -0.374. The maximum Gasteiger partial charge on any atom is 0.337 e. The number of nitrogens with one attached hydrogen (secondary N) is 2. The first kappa shape index (κ1) is 17.0. The van der Waals surface area contributed by atoms with Crippen LogP contribution in [0.3, 0.4) is 0 Å². The fourth-order valence-corrected chi connectivity index (χ4v) is 2.33. The molecule has 2 N–H and O–H groups in total. The highest BCUT2D eigenvalue weighted by Crippen LogP contribution is 2.19. The van der Waals surface area contributed by atoms with Gasteiger partial charge in [0.05, 0.1) is 12.7 Å². The topological polar surface area (TPSA) is 50.4 Å². The van der Waals surface area contributed by atoms with Crippen molar-refractivity contribution in [2.75, 3.05) is 17.7 Å². The maximum atomic E-state index is 11.6. The first-order valence-corrected chi connectivity index (χ1v) is 7.65. The molecule has 4 nitrogen and oxygen atoms in total. The highest BCUT2D eigenvalue weighted by molar-refractivity contribution is 7.80. The Morgan fingerprint density at radius 3 is 2.30 bits per heavy atom. The lowest BCUT2D eigenvalue weighted by Gasteiger charge is -2.14. The van der Waals surface area contributed by atoms with E-state index in [2.05, 4.69) is 24.5 Å². The van der Waals surface area contributed by atoms with Crippen LogP contribution in [0.1, 0.15) is 27.0 Å². The minimum absolute atomic E-state index is 0.374. The molecular formula is C18H20N2O2S. The van der Waals surface area contributed by atoms with Crippen LogP contribution < -0.4 is 10.6 Å². The molecular weight excluding hydrogens is 308 g/mol. The second kappa shape index (κ2) is 7.24. The molecule has 120 valence electrons. The van der Waals surface area contributed by atoms with E-state index in [1.807, 2.05) is 31.2 Å². The number of ether oxygens (including phenoxy) is 1. The van der Waals surface area contributed by atoms with Crippen LogP contribution in [0.15, 0.2) is 36.4 Å². The van der Waals surface area contributed by atoms with Crippen molar-refractivity contribution in [2.24, 2.45) is 0 Å². The van der Waals surface area contributed by atoms with Crippen molar-refractivity contribution in [3.63, 3.8) is 0 Å². The number of rotatable bonds is 3. The number of aryl methyl sites for hydroxylation is 3. The lowest BCUT2D eigenvalue weighted by molar-refractivity contribution is 0.0601. The summed E-state index contributed by atoms with van der Waals surface area (Å²) in [7, 11) is 1.36. The summed E-state index contributed by atoms with van der Waals surface area (Å²) in [6.07, 6.45) is 0. The van der Waals surface area contributed by atoms with Crippen LogP contribution in [0.5, 0.6) is 0 Å². The van der Waals surface area contributed by atoms with Gasteiger partial charge in [0.1, 0.15) is 0 Å². The fourth-order valence-electron chi connectivity index (χ4n) is 2.11. The lowest BCUT2D eigenvalue weighted by atomic mass is 10.1. The van der Waals surface area contributed by atoms with Gasteiger partial charge in [-0.25, -0.2) is 4.79 Å². The van der Waals surface area contributed by atoms with Gasteiger partial charge in [-0.05, 0) is 73.9 Å². The van der Waals surface area contributed by atoms with Crippen LogP contribution in [0, 0.1) is 20.8 Å². The SMILES string of the molecule is COC(=O)c1ccc(C)c(NC(=S)Nc2ccc(C)c(C)c2)c1. The Bertz CT molecular complexity index is 757. The van der Waals surface area contributed by atoms with Gasteiger partial charge < -0.3 is 15.4 Å². The number of hydrogen-bond acceptors (Lipinski definition) is 3. The zero-order valence-corrected chi connectivity index (χ0v) is 14.5. The van der Waals surface area contributed by atoms with E-state index in [9.17, 15) is 4.79 Å². The first-order valence-electron chi connectivity index (χ1n) is 7.25. The average molecular weight is 328 g/mol. The Kier molecular flexibility index (Phi) is 5.34. The van der Waals surface area contributed by atoms with E-state index in [0.717, 1.165) is 16.9 Å². The maximum absolute atomic E-state index is 11.6. The van der Waals surface area contributed by atoms with Crippen molar-refractivity contribution in [2.45, 2.75) is 20.8 Å². The van der Waals surface area contributed by atoms with Crippen LogP contribution in [0.2, 0.25) is 0 Å². The fraction of sp³-hybridized carbons (Fsp3) is 0.222. The number of benzene rings is 2. The van der Waals surface area contributed by atoms with Gasteiger partial charge in [0.25, 0.3) is 0 Å². The molecule has 0 heterocycles. The number of esters is 1. The Morgan fingerprint density at radius 1 is 0.957 bits per heavy atom. The number of thiocarbonyl (C=S) groups is 1. The number of anilines is 2. The molecule has 2 aromatic rings. The van der Waals surface area contributed by atoms with Gasteiger partial charge in [0, 0.05) is 11.4 Å². The third-order valence-electron chi connectivity index (χ3n) is 3.67. The Balaban J connectivity index is 2.13. The van der Waals surface area contributed by atoms with E-state index >= 15 is 0 Å². The minimum Gasteiger partial charge on any atom is -0.465 e. The summed E-state index contributed by atoms with van der Waals surface area (Å²) >= 11 is 5.35. The molecule has 0 unspecified atom stereocenters. The molecule has 0 atom stereocenters. The second-order valence-electron chi connectivity index (χ2n) is 5.40. The van der Waals surface area contributed by atoms with E-state index < -0.39 is 0 Å². The molecule has 0 aromatic heterocycles. The highest BCUT2D eigenvalue weighted by Gasteiger charge is 2.09. The largest absolute Gasteiger partial charge is 0.465 e. The molecule has 5 heteroatoms. The first-order chi connectivity index (χ1) is 10.9. The smallest absolute Gasteiger partial charge is 0.337 e. The van der Waals surface area contributed by atoms with Crippen molar-refractivity contribution in [3.8, 4) is 0 Å².